The normalized spacial score (nSPS) is 11.6. The van der Waals surface area contributed by atoms with Gasteiger partial charge in [-0.25, -0.2) is 9.97 Å². The van der Waals surface area contributed by atoms with Gasteiger partial charge in [0.05, 0.1) is 22.2 Å². The number of benzene rings is 6. The van der Waals surface area contributed by atoms with Gasteiger partial charge in [-0.1, -0.05) is 109 Å². The summed E-state index contributed by atoms with van der Waals surface area (Å²) < 4.78 is 2.22. The molecular weight excluding hydrogens is 474 g/mol. The van der Waals surface area contributed by atoms with Gasteiger partial charge in [-0.15, -0.1) is 0 Å². The van der Waals surface area contributed by atoms with Crippen molar-refractivity contribution in [2.45, 2.75) is 0 Å². The van der Waals surface area contributed by atoms with Crippen molar-refractivity contribution in [2.24, 2.45) is 0 Å². The van der Waals surface area contributed by atoms with Crippen LogP contribution in [0.3, 0.4) is 0 Å². The number of rotatable bonds is 3. The molecule has 3 heteroatoms. The van der Waals surface area contributed by atoms with Crippen molar-refractivity contribution >= 4 is 43.5 Å². The molecule has 0 fully saturated rings. The van der Waals surface area contributed by atoms with Crippen LogP contribution in [-0.2, 0) is 0 Å². The Balaban J connectivity index is 1.43. The highest BCUT2D eigenvalue weighted by Gasteiger charge is 2.17. The molecule has 0 atom stereocenters. The molecule has 0 unspecified atom stereocenters. The van der Waals surface area contributed by atoms with Gasteiger partial charge in [0.15, 0.2) is 0 Å². The smallest absolute Gasteiger partial charge is 0.235 e. The van der Waals surface area contributed by atoms with Crippen molar-refractivity contribution < 1.29 is 0 Å². The topological polar surface area (TPSA) is 30.7 Å². The molecular formula is C36H23N3. The average Bonchev–Trinajstić information content (AvgIpc) is 3.33. The zero-order valence-electron chi connectivity index (χ0n) is 21.1. The average molecular weight is 498 g/mol. The monoisotopic (exact) mass is 497 g/mol. The molecule has 0 aliphatic heterocycles. The molecule has 6 aromatic carbocycles. The van der Waals surface area contributed by atoms with Crippen molar-refractivity contribution in [1.82, 2.24) is 14.5 Å². The number of fused-ring (bicyclic) bond motifs is 5. The first-order chi connectivity index (χ1) is 19.3. The van der Waals surface area contributed by atoms with E-state index >= 15 is 0 Å². The first kappa shape index (κ1) is 21.8. The Hall–Kier alpha value is -5.28. The van der Waals surface area contributed by atoms with Gasteiger partial charge in [0.25, 0.3) is 0 Å². The van der Waals surface area contributed by atoms with Gasteiger partial charge < -0.3 is 0 Å². The van der Waals surface area contributed by atoms with Crippen LogP contribution in [0.15, 0.2) is 140 Å². The van der Waals surface area contributed by atoms with Gasteiger partial charge in [0, 0.05) is 21.7 Å². The Morgan fingerprint density at radius 2 is 1.10 bits per heavy atom. The second kappa shape index (κ2) is 8.64. The van der Waals surface area contributed by atoms with E-state index in [9.17, 15) is 0 Å². The molecule has 0 bridgehead atoms. The van der Waals surface area contributed by atoms with Crippen LogP contribution in [0.5, 0.6) is 0 Å². The zero-order valence-corrected chi connectivity index (χ0v) is 21.1. The fourth-order valence-corrected chi connectivity index (χ4v) is 5.72. The van der Waals surface area contributed by atoms with Gasteiger partial charge in [-0.3, -0.25) is 4.57 Å². The standard InChI is InChI=1S/C36H23N3/c1-3-11-24(12-4-1)26-19-20-27-23-34-31(22-28(27)21-26)29-15-8-10-18-33(29)39(34)36-37-32-17-9-7-16-30(32)35(38-36)25-13-5-2-6-14-25/h1-23H. The quantitative estimate of drug-likeness (QED) is 0.244. The maximum atomic E-state index is 5.20. The van der Waals surface area contributed by atoms with Crippen LogP contribution in [0.1, 0.15) is 0 Å². The van der Waals surface area contributed by atoms with Crippen LogP contribution >= 0.6 is 0 Å². The van der Waals surface area contributed by atoms with Crippen LogP contribution in [0, 0.1) is 0 Å². The number of aromatic nitrogens is 3. The summed E-state index contributed by atoms with van der Waals surface area (Å²) in [6, 6.07) is 49.0. The Bertz CT molecular complexity index is 2160. The summed E-state index contributed by atoms with van der Waals surface area (Å²) in [5, 5.41) is 5.84. The van der Waals surface area contributed by atoms with Gasteiger partial charge in [0.1, 0.15) is 0 Å². The van der Waals surface area contributed by atoms with Crippen molar-refractivity contribution in [3.63, 3.8) is 0 Å². The molecule has 0 saturated heterocycles. The summed E-state index contributed by atoms with van der Waals surface area (Å²) in [5.74, 6) is 0.680. The van der Waals surface area contributed by atoms with Crippen LogP contribution in [0.2, 0.25) is 0 Å². The largest absolute Gasteiger partial charge is 0.278 e. The highest BCUT2D eigenvalue weighted by molar-refractivity contribution is 6.13. The first-order valence-corrected chi connectivity index (χ1v) is 13.2. The molecule has 182 valence electrons. The molecule has 0 spiro atoms. The summed E-state index contributed by atoms with van der Waals surface area (Å²) in [6.45, 7) is 0. The van der Waals surface area contributed by atoms with E-state index in [4.69, 9.17) is 9.97 Å². The van der Waals surface area contributed by atoms with Crippen LogP contribution in [0.4, 0.5) is 0 Å². The predicted octanol–water partition coefficient (Wildman–Crippen LogP) is 9.21. The van der Waals surface area contributed by atoms with E-state index in [0.717, 1.165) is 33.2 Å². The molecule has 2 heterocycles. The maximum absolute atomic E-state index is 5.20. The molecule has 0 N–H and O–H groups in total. The molecule has 39 heavy (non-hydrogen) atoms. The van der Waals surface area contributed by atoms with Crippen molar-refractivity contribution in [2.75, 3.05) is 0 Å². The minimum absolute atomic E-state index is 0.680. The molecule has 3 nitrogen and oxygen atoms in total. The van der Waals surface area contributed by atoms with Gasteiger partial charge in [0.2, 0.25) is 5.95 Å². The molecule has 2 aromatic heterocycles. The first-order valence-electron chi connectivity index (χ1n) is 13.2. The van der Waals surface area contributed by atoms with Crippen LogP contribution in [-0.4, -0.2) is 14.5 Å². The van der Waals surface area contributed by atoms with Gasteiger partial charge in [-0.05, 0) is 52.2 Å². The van der Waals surface area contributed by atoms with E-state index in [1.165, 1.54) is 32.7 Å². The predicted molar refractivity (Wildman–Crippen MR) is 162 cm³/mol. The molecule has 0 aliphatic carbocycles. The Kier molecular flexibility index (Phi) is 4.82. The van der Waals surface area contributed by atoms with E-state index in [1.54, 1.807) is 0 Å². The Morgan fingerprint density at radius 1 is 0.410 bits per heavy atom. The third-order valence-corrected chi connectivity index (χ3v) is 7.58. The van der Waals surface area contributed by atoms with Gasteiger partial charge >= 0.3 is 0 Å². The molecule has 8 aromatic rings. The lowest BCUT2D eigenvalue weighted by Crippen LogP contribution is -2.03. The minimum atomic E-state index is 0.680. The zero-order chi connectivity index (χ0) is 25.8. The summed E-state index contributed by atoms with van der Waals surface area (Å²) >= 11 is 0. The van der Waals surface area contributed by atoms with E-state index < -0.39 is 0 Å². The second-order valence-corrected chi connectivity index (χ2v) is 9.91. The van der Waals surface area contributed by atoms with Crippen LogP contribution in [0.25, 0.3) is 71.8 Å². The maximum Gasteiger partial charge on any atom is 0.235 e. The SMILES string of the molecule is c1ccc(-c2ccc3cc4c(cc3c2)c2ccccc2n4-c2nc(-c3ccccc3)c3ccccc3n2)cc1. The summed E-state index contributed by atoms with van der Waals surface area (Å²) in [4.78, 5) is 10.3. The third kappa shape index (κ3) is 3.52. The Morgan fingerprint density at radius 3 is 1.92 bits per heavy atom. The number of hydrogen-bond donors (Lipinski definition) is 0. The van der Waals surface area contributed by atoms with Crippen molar-refractivity contribution in [1.29, 1.82) is 0 Å². The second-order valence-electron chi connectivity index (χ2n) is 9.91. The number of hydrogen-bond acceptors (Lipinski definition) is 2. The number of para-hydroxylation sites is 2. The molecule has 8 rings (SSSR count). The van der Waals surface area contributed by atoms with E-state index in [-0.39, 0.29) is 0 Å². The van der Waals surface area contributed by atoms with E-state index in [2.05, 4.69) is 126 Å². The fraction of sp³-hybridized carbons (Fsp3) is 0. The fourth-order valence-electron chi connectivity index (χ4n) is 5.72. The minimum Gasteiger partial charge on any atom is -0.278 e. The van der Waals surface area contributed by atoms with E-state index in [1.807, 2.05) is 18.2 Å². The lowest BCUT2D eigenvalue weighted by Gasteiger charge is -2.12. The summed E-state index contributed by atoms with van der Waals surface area (Å²) in [5.41, 5.74) is 7.59. The highest BCUT2D eigenvalue weighted by atomic mass is 15.2. The van der Waals surface area contributed by atoms with Crippen molar-refractivity contribution in [3.05, 3.63) is 140 Å². The lowest BCUT2D eigenvalue weighted by molar-refractivity contribution is 1.01. The van der Waals surface area contributed by atoms with Gasteiger partial charge in [-0.2, -0.15) is 0 Å². The lowest BCUT2D eigenvalue weighted by atomic mass is 10.00. The summed E-state index contributed by atoms with van der Waals surface area (Å²) in [6.07, 6.45) is 0. The molecule has 0 radical (unpaired) electrons. The van der Waals surface area contributed by atoms with Crippen molar-refractivity contribution in [3.8, 4) is 28.3 Å². The summed E-state index contributed by atoms with van der Waals surface area (Å²) in [7, 11) is 0. The third-order valence-electron chi connectivity index (χ3n) is 7.58. The molecule has 0 aliphatic rings. The van der Waals surface area contributed by atoms with Crippen LogP contribution < -0.4 is 0 Å². The number of nitrogens with zero attached hydrogens (tertiary/aromatic N) is 3. The Labute approximate surface area is 225 Å². The molecule has 0 amide bonds. The molecule has 0 saturated carbocycles. The highest BCUT2D eigenvalue weighted by Crippen LogP contribution is 2.36. The van der Waals surface area contributed by atoms with E-state index in [0.29, 0.717) is 5.95 Å².